The highest BCUT2D eigenvalue weighted by atomic mass is 127. The van der Waals surface area contributed by atoms with E-state index >= 15 is 0 Å². The standard InChI is InChI=1S/C17H26N4O.HI/c18-17(21-15-9-5-2-6-10-15)20-12-11-19-16(22)13-14-7-3-1-4-8-14;/h2,5-6,9-10,14H,1,3-4,7-8,11-13H2,(H,19,22)(H3,18,20,21);1H. The molecule has 0 aliphatic heterocycles. The second kappa shape index (κ2) is 11.3. The average molecular weight is 430 g/mol. The Labute approximate surface area is 155 Å². The van der Waals surface area contributed by atoms with Gasteiger partial charge in [0.1, 0.15) is 0 Å². The first kappa shape index (κ1) is 19.7. The van der Waals surface area contributed by atoms with Gasteiger partial charge in [-0.05, 0) is 30.9 Å². The van der Waals surface area contributed by atoms with Gasteiger partial charge in [-0.2, -0.15) is 0 Å². The second-order valence-corrected chi connectivity index (χ2v) is 5.82. The molecular weight excluding hydrogens is 403 g/mol. The quantitative estimate of drug-likeness (QED) is 0.281. The summed E-state index contributed by atoms with van der Waals surface area (Å²) in [6.07, 6.45) is 6.90. The maximum absolute atomic E-state index is 11.8. The summed E-state index contributed by atoms with van der Waals surface area (Å²) in [4.78, 5) is 16.0. The number of carbonyl (C=O) groups excluding carboxylic acids is 1. The van der Waals surface area contributed by atoms with Gasteiger partial charge in [-0.1, -0.05) is 37.5 Å². The third-order valence-corrected chi connectivity index (χ3v) is 3.96. The van der Waals surface area contributed by atoms with E-state index in [1.165, 1.54) is 32.1 Å². The molecule has 5 nitrogen and oxygen atoms in total. The Bertz CT molecular complexity index is 487. The lowest BCUT2D eigenvalue weighted by Gasteiger charge is -2.20. The van der Waals surface area contributed by atoms with Crippen LogP contribution in [0, 0.1) is 5.92 Å². The van der Waals surface area contributed by atoms with Gasteiger partial charge in [-0.25, -0.2) is 0 Å². The summed E-state index contributed by atoms with van der Waals surface area (Å²) in [6.45, 7) is 1.02. The number of nitrogens with zero attached hydrogens (tertiary/aromatic N) is 1. The normalized spacial score (nSPS) is 15.6. The third-order valence-electron chi connectivity index (χ3n) is 3.96. The predicted molar refractivity (Wildman–Crippen MR) is 106 cm³/mol. The molecular formula is C17H27IN4O. The zero-order valence-electron chi connectivity index (χ0n) is 13.5. The molecule has 1 aliphatic rings. The molecule has 0 saturated heterocycles. The molecule has 1 saturated carbocycles. The van der Waals surface area contributed by atoms with Gasteiger partial charge in [-0.3, -0.25) is 9.79 Å². The number of halogens is 1. The number of amides is 1. The summed E-state index contributed by atoms with van der Waals surface area (Å²) in [5.74, 6) is 1.08. The minimum atomic E-state index is 0. The summed E-state index contributed by atoms with van der Waals surface area (Å²) >= 11 is 0. The van der Waals surface area contributed by atoms with Crippen molar-refractivity contribution in [2.24, 2.45) is 16.6 Å². The molecule has 6 heteroatoms. The van der Waals surface area contributed by atoms with E-state index in [1.807, 2.05) is 30.3 Å². The monoisotopic (exact) mass is 430 g/mol. The number of hydrogen-bond acceptors (Lipinski definition) is 2. The van der Waals surface area contributed by atoms with Crippen LogP contribution in [0.25, 0.3) is 0 Å². The lowest BCUT2D eigenvalue weighted by atomic mass is 9.87. The van der Waals surface area contributed by atoms with Crippen molar-refractivity contribution >= 4 is 41.5 Å². The van der Waals surface area contributed by atoms with E-state index in [9.17, 15) is 4.79 Å². The van der Waals surface area contributed by atoms with Gasteiger partial charge in [-0.15, -0.1) is 24.0 Å². The van der Waals surface area contributed by atoms with Crippen molar-refractivity contribution in [3.8, 4) is 0 Å². The fraction of sp³-hybridized carbons (Fsp3) is 0.529. The van der Waals surface area contributed by atoms with Crippen LogP contribution in [0.4, 0.5) is 5.69 Å². The number of rotatable bonds is 6. The molecule has 1 fully saturated rings. The Morgan fingerprint density at radius 2 is 1.87 bits per heavy atom. The first-order valence-corrected chi connectivity index (χ1v) is 8.13. The molecule has 0 aromatic heterocycles. The Kier molecular flexibility index (Phi) is 9.66. The maximum atomic E-state index is 11.8. The summed E-state index contributed by atoms with van der Waals surface area (Å²) in [7, 11) is 0. The highest BCUT2D eigenvalue weighted by Crippen LogP contribution is 2.25. The number of para-hydroxylation sites is 1. The van der Waals surface area contributed by atoms with E-state index in [1.54, 1.807) is 0 Å². The third kappa shape index (κ3) is 8.20. The Morgan fingerprint density at radius 1 is 1.17 bits per heavy atom. The Morgan fingerprint density at radius 3 is 2.57 bits per heavy atom. The summed E-state index contributed by atoms with van der Waals surface area (Å²) < 4.78 is 0. The molecule has 0 spiro atoms. The molecule has 1 aliphatic carbocycles. The van der Waals surface area contributed by atoms with Crippen LogP contribution in [0.2, 0.25) is 0 Å². The summed E-state index contributed by atoms with van der Waals surface area (Å²) in [5.41, 5.74) is 6.71. The van der Waals surface area contributed by atoms with Crippen LogP contribution < -0.4 is 16.4 Å². The second-order valence-electron chi connectivity index (χ2n) is 5.82. The first-order chi connectivity index (χ1) is 10.7. The number of nitrogens with two attached hydrogens (primary N) is 1. The minimum absolute atomic E-state index is 0. The van der Waals surface area contributed by atoms with E-state index in [2.05, 4.69) is 15.6 Å². The molecule has 1 aromatic rings. The lowest BCUT2D eigenvalue weighted by Crippen LogP contribution is -2.30. The summed E-state index contributed by atoms with van der Waals surface area (Å²) in [6, 6.07) is 9.66. The molecule has 0 bridgehead atoms. The van der Waals surface area contributed by atoms with Crippen LogP contribution >= 0.6 is 24.0 Å². The van der Waals surface area contributed by atoms with Gasteiger partial charge in [0.25, 0.3) is 0 Å². The van der Waals surface area contributed by atoms with Crippen LogP contribution in [-0.4, -0.2) is 25.0 Å². The molecule has 128 valence electrons. The van der Waals surface area contributed by atoms with Crippen LogP contribution in [-0.2, 0) is 4.79 Å². The average Bonchev–Trinajstić information content (AvgIpc) is 2.53. The largest absolute Gasteiger partial charge is 0.370 e. The Hall–Kier alpha value is -1.31. The number of aliphatic imine (C=N–C) groups is 1. The van der Waals surface area contributed by atoms with Gasteiger partial charge >= 0.3 is 0 Å². The molecule has 23 heavy (non-hydrogen) atoms. The van der Waals surface area contributed by atoms with Crippen molar-refractivity contribution in [2.45, 2.75) is 38.5 Å². The van der Waals surface area contributed by atoms with Gasteiger partial charge < -0.3 is 16.4 Å². The summed E-state index contributed by atoms with van der Waals surface area (Å²) in [5, 5.41) is 5.93. The first-order valence-electron chi connectivity index (χ1n) is 8.13. The van der Waals surface area contributed by atoms with E-state index in [0.29, 0.717) is 31.4 Å². The smallest absolute Gasteiger partial charge is 0.220 e. The van der Waals surface area contributed by atoms with Gasteiger partial charge in [0.15, 0.2) is 5.96 Å². The van der Waals surface area contributed by atoms with Crippen molar-refractivity contribution in [1.29, 1.82) is 0 Å². The number of benzene rings is 1. The van der Waals surface area contributed by atoms with Crippen molar-refractivity contribution in [1.82, 2.24) is 5.32 Å². The number of guanidine groups is 1. The fourth-order valence-corrected chi connectivity index (χ4v) is 2.81. The molecule has 0 radical (unpaired) electrons. The van der Waals surface area contributed by atoms with Crippen molar-refractivity contribution in [3.05, 3.63) is 30.3 Å². The topological polar surface area (TPSA) is 79.5 Å². The minimum Gasteiger partial charge on any atom is -0.370 e. The molecule has 0 heterocycles. The number of hydrogen-bond donors (Lipinski definition) is 3. The zero-order valence-corrected chi connectivity index (χ0v) is 15.8. The van der Waals surface area contributed by atoms with Crippen LogP contribution in [0.15, 0.2) is 35.3 Å². The number of carbonyl (C=O) groups is 1. The SMILES string of the molecule is I.NC(=NCCNC(=O)CC1CCCCC1)Nc1ccccc1. The number of nitrogens with one attached hydrogen (secondary N) is 2. The van der Waals surface area contributed by atoms with Gasteiger partial charge in [0.05, 0.1) is 6.54 Å². The fourth-order valence-electron chi connectivity index (χ4n) is 2.81. The van der Waals surface area contributed by atoms with Gasteiger partial charge in [0.2, 0.25) is 5.91 Å². The van der Waals surface area contributed by atoms with Crippen molar-refractivity contribution in [2.75, 3.05) is 18.4 Å². The van der Waals surface area contributed by atoms with Crippen LogP contribution in [0.5, 0.6) is 0 Å². The highest BCUT2D eigenvalue weighted by Gasteiger charge is 2.16. The predicted octanol–water partition coefficient (Wildman–Crippen LogP) is 3.12. The molecule has 1 amide bonds. The van der Waals surface area contributed by atoms with Gasteiger partial charge in [0, 0.05) is 18.7 Å². The highest BCUT2D eigenvalue weighted by molar-refractivity contribution is 14.0. The van der Waals surface area contributed by atoms with Crippen LogP contribution in [0.3, 0.4) is 0 Å². The molecule has 4 N–H and O–H groups in total. The number of anilines is 1. The van der Waals surface area contributed by atoms with Crippen molar-refractivity contribution < 1.29 is 4.79 Å². The molecule has 2 rings (SSSR count). The van der Waals surface area contributed by atoms with E-state index < -0.39 is 0 Å². The zero-order chi connectivity index (χ0) is 15.6. The Balaban J connectivity index is 0.00000264. The van der Waals surface area contributed by atoms with Crippen molar-refractivity contribution in [3.63, 3.8) is 0 Å². The molecule has 1 aromatic carbocycles. The maximum Gasteiger partial charge on any atom is 0.220 e. The van der Waals surface area contributed by atoms with E-state index in [0.717, 1.165) is 5.69 Å². The van der Waals surface area contributed by atoms with E-state index in [-0.39, 0.29) is 29.9 Å². The molecule has 0 atom stereocenters. The lowest BCUT2D eigenvalue weighted by molar-refractivity contribution is -0.122. The molecule has 0 unspecified atom stereocenters. The van der Waals surface area contributed by atoms with E-state index in [4.69, 9.17) is 5.73 Å². The van der Waals surface area contributed by atoms with Crippen LogP contribution in [0.1, 0.15) is 38.5 Å².